The molecular weight excluding hydrogens is 386 g/mol. The van der Waals surface area contributed by atoms with Gasteiger partial charge < -0.3 is 0 Å². The molecule has 1 aromatic heterocycles. The van der Waals surface area contributed by atoms with Crippen LogP contribution in [0.3, 0.4) is 0 Å². The summed E-state index contributed by atoms with van der Waals surface area (Å²) in [5.74, 6) is 0.867. The molecule has 3 fully saturated rings. The fourth-order valence-electron chi connectivity index (χ4n) is 5.44. The predicted molar refractivity (Wildman–Crippen MR) is 123 cm³/mol. The first-order chi connectivity index (χ1) is 15.2. The molecule has 3 heterocycles. The number of aromatic nitrogens is 1. The lowest BCUT2D eigenvalue weighted by Gasteiger charge is -2.44. The third-order valence-electron chi connectivity index (χ3n) is 6.89. The first kappa shape index (κ1) is 20.2. The van der Waals surface area contributed by atoms with Crippen molar-refractivity contribution in [2.75, 3.05) is 18.0 Å². The molecule has 0 radical (unpaired) electrons. The van der Waals surface area contributed by atoms with E-state index in [1.807, 2.05) is 17.0 Å². The molecule has 1 saturated carbocycles. The van der Waals surface area contributed by atoms with E-state index in [0.29, 0.717) is 6.04 Å². The van der Waals surface area contributed by atoms with Gasteiger partial charge >= 0.3 is 6.03 Å². The number of piperidine rings is 1. The third kappa shape index (κ3) is 4.09. The summed E-state index contributed by atoms with van der Waals surface area (Å²) in [6.45, 7) is 2.69. The number of aliphatic imine (C=N–C) groups is 1. The molecule has 1 aliphatic carbocycles. The Balaban J connectivity index is 1.50. The zero-order valence-corrected chi connectivity index (χ0v) is 18.0. The van der Waals surface area contributed by atoms with E-state index in [9.17, 15) is 4.79 Å². The van der Waals surface area contributed by atoms with Gasteiger partial charge in [0.2, 0.25) is 0 Å². The second-order valence-electron chi connectivity index (χ2n) is 9.08. The second-order valence-corrected chi connectivity index (χ2v) is 9.08. The van der Waals surface area contributed by atoms with Crippen LogP contribution in [0.25, 0.3) is 0 Å². The Morgan fingerprint density at radius 3 is 2.68 bits per heavy atom. The van der Waals surface area contributed by atoms with Gasteiger partial charge in [0.05, 0.1) is 17.9 Å². The van der Waals surface area contributed by atoms with Crippen LogP contribution < -0.4 is 10.2 Å². The van der Waals surface area contributed by atoms with Crippen LogP contribution in [0.1, 0.15) is 50.5 Å². The van der Waals surface area contributed by atoms with Crippen molar-refractivity contribution >= 4 is 17.6 Å². The van der Waals surface area contributed by atoms with Crippen LogP contribution in [-0.4, -0.2) is 46.4 Å². The molecule has 6 heteroatoms. The highest BCUT2D eigenvalue weighted by molar-refractivity contribution is 6.19. The van der Waals surface area contributed by atoms with Crippen LogP contribution in [0.2, 0.25) is 0 Å². The Bertz CT molecular complexity index is 925. The Morgan fingerprint density at radius 2 is 1.90 bits per heavy atom. The monoisotopic (exact) mass is 417 g/mol. The molecule has 1 spiro atoms. The molecular formula is C25H31N5O. The summed E-state index contributed by atoms with van der Waals surface area (Å²) in [5.41, 5.74) is 1.69. The van der Waals surface area contributed by atoms with E-state index in [1.54, 1.807) is 12.4 Å². The largest absolute Gasteiger partial charge is 0.328 e. The molecule has 2 saturated heterocycles. The summed E-state index contributed by atoms with van der Waals surface area (Å²) < 4.78 is 0. The summed E-state index contributed by atoms with van der Waals surface area (Å²) in [5, 5.41) is 3.18. The van der Waals surface area contributed by atoms with E-state index < -0.39 is 5.54 Å². The first-order valence-corrected chi connectivity index (χ1v) is 11.6. The number of amidine groups is 1. The van der Waals surface area contributed by atoms with Crippen LogP contribution in [0.4, 0.5) is 10.5 Å². The molecule has 2 amide bonds. The molecule has 3 aliphatic rings. The average Bonchev–Trinajstić information content (AvgIpc) is 3.05. The van der Waals surface area contributed by atoms with Crippen LogP contribution in [0, 0.1) is 0 Å². The minimum atomic E-state index is -0.454. The first-order valence-electron chi connectivity index (χ1n) is 11.6. The highest BCUT2D eigenvalue weighted by Gasteiger charge is 2.53. The minimum Gasteiger partial charge on any atom is -0.296 e. The summed E-state index contributed by atoms with van der Waals surface area (Å²) in [6, 6.07) is 14.7. The van der Waals surface area contributed by atoms with Crippen molar-refractivity contribution in [2.24, 2.45) is 4.99 Å². The minimum absolute atomic E-state index is 0.0795. The summed E-state index contributed by atoms with van der Waals surface area (Å²) >= 11 is 0. The van der Waals surface area contributed by atoms with Crippen LogP contribution in [0.15, 0.2) is 59.9 Å². The van der Waals surface area contributed by atoms with Crippen LogP contribution in [0.5, 0.6) is 0 Å². The number of benzene rings is 1. The van der Waals surface area contributed by atoms with Crippen molar-refractivity contribution in [3.05, 3.63) is 60.4 Å². The molecule has 5 rings (SSSR count). The number of hydrogen-bond donors (Lipinski definition) is 1. The SMILES string of the molecule is O=C1NC(=NC2CCCCC2)C2(CCCN(Cc3ccccc3)C2)N1c1cccnc1. The topological polar surface area (TPSA) is 60.8 Å². The van der Waals surface area contributed by atoms with Crippen molar-refractivity contribution in [3.63, 3.8) is 0 Å². The molecule has 1 aromatic carbocycles. The second kappa shape index (κ2) is 8.79. The normalized spacial score (nSPS) is 26.5. The summed E-state index contributed by atoms with van der Waals surface area (Å²) in [7, 11) is 0. The van der Waals surface area contributed by atoms with Gasteiger partial charge in [-0.2, -0.15) is 0 Å². The summed E-state index contributed by atoms with van der Waals surface area (Å²) in [4.78, 5) is 27.1. The number of amides is 2. The Labute approximate surface area is 184 Å². The standard InChI is InChI=1S/C25H31N5O/c31-24-28-23(27-21-11-5-2-6-12-21)25(30(24)22-13-7-15-26-17-22)14-8-16-29(19-25)18-20-9-3-1-4-10-20/h1,3-4,7,9-10,13,15,17,21H,2,5-6,8,11-12,14,16,18-19H2,(H,27,28,31). The lowest BCUT2D eigenvalue weighted by molar-refractivity contribution is 0.176. The molecule has 162 valence electrons. The molecule has 1 N–H and O–H groups in total. The molecule has 6 nitrogen and oxygen atoms in total. The lowest BCUT2D eigenvalue weighted by atomic mass is 9.86. The number of pyridine rings is 1. The molecule has 0 bridgehead atoms. The number of carbonyl (C=O) groups excluding carboxylic acids is 1. The molecule has 1 unspecified atom stereocenters. The Morgan fingerprint density at radius 1 is 1.06 bits per heavy atom. The van der Waals surface area contributed by atoms with E-state index in [2.05, 4.69) is 45.5 Å². The predicted octanol–water partition coefficient (Wildman–Crippen LogP) is 4.38. The van der Waals surface area contributed by atoms with E-state index >= 15 is 0 Å². The zero-order valence-electron chi connectivity index (χ0n) is 18.0. The molecule has 31 heavy (non-hydrogen) atoms. The number of likely N-dealkylation sites (tertiary alicyclic amines) is 1. The third-order valence-corrected chi connectivity index (χ3v) is 6.89. The van der Waals surface area contributed by atoms with Gasteiger partial charge in [0.15, 0.2) is 0 Å². The zero-order chi connectivity index (χ0) is 21.1. The average molecular weight is 418 g/mol. The maximum Gasteiger partial charge on any atom is 0.328 e. The quantitative estimate of drug-likeness (QED) is 0.803. The van der Waals surface area contributed by atoms with E-state index in [1.165, 1.54) is 24.8 Å². The van der Waals surface area contributed by atoms with Gasteiger partial charge in [-0.05, 0) is 49.9 Å². The van der Waals surface area contributed by atoms with Gasteiger partial charge in [0.1, 0.15) is 11.4 Å². The number of rotatable bonds is 4. The summed E-state index contributed by atoms with van der Waals surface area (Å²) in [6.07, 6.45) is 11.5. The number of carbonyl (C=O) groups is 1. The molecule has 2 aliphatic heterocycles. The number of hydrogen-bond acceptors (Lipinski definition) is 4. The Kier molecular flexibility index (Phi) is 5.72. The van der Waals surface area contributed by atoms with Gasteiger partial charge in [-0.3, -0.25) is 25.1 Å². The van der Waals surface area contributed by atoms with E-state index in [0.717, 1.165) is 56.8 Å². The number of anilines is 1. The number of nitrogens with one attached hydrogen (secondary N) is 1. The van der Waals surface area contributed by atoms with Crippen molar-refractivity contribution in [2.45, 2.75) is 63.1 Å². The van der Waals surface area contributed by atoms with E-state index in [4.69, 9.17) is 4.99 Å². The number of urea groups is 1. The van der Waals surface area contributed by atoms with Crippen LogP contribution in [-0.2, 0) is 6.54 Å². The number of nitrogens with zero attached hydrogens (tertiary/aromatic N) is 4. The van der Waals surface area contributed by atoms with Crippen molar-refractivity contribution in [3.8, 4) is 0 Å². The van der Waals surface area contributed by atoms with Gasteiger partial charge in [-0.1, -0.05) is 49.6 Å². The van der Waals surface area contributed by atoms with E-state index in [-0.39, 0.29) is 6.03 Å². The van der Waals surface area contributed by atoms with Gasteiger partial charge in [0.25, 0.3) is 0 Å². The fraction of sp³-hybridized carbons (Fsp3) is 0.480. The maximum atomic E-state index is 13.3. The smallest absolute Gasteiger partial charge is 0.296 e. The lowest BCUT2D eigenvalue weighted by Crippen LogP contribution is -2.60. The van der Waals surface area contributed by atoms with Crippen molar-refractivity contribution in [1.82, 2.24) is 15.2 Å². The molecule has 2 aromatic rings. The van der Waals surface area contributed by atoms with Gasteiger partial charge in [-0.25, -0.2) is 4.79 Å². The Hall–Kier alpha value is -2.73. The fourth-order valence-corrected chi connectivity index (χ4v) is 5.44. The van der Waals surface area contributed by atoms with Crippen molar-refractivity contribution < 1.29 is 4.79 Å². The van der Waals surface area contributed by atoms with Crippen molar-refractivity contribution in [1.29, 1.82) is 0 Å². The van der Waals surface area contributed by atoms with Gasteiger partial charge in [-0.15, -0.1) is 0 Å². The highest BCUT2D eigenvalue weighted by atomic mass is 16.2. The highest BCUT2D eigenvalue weighted by Crippen LogP contribution is 2.37. The van der Waals surface area contributed by atoms with Crippen LogP contribution >= 0.6 is 0 Å². The van der Waals surface area contributed by atoms with Gasteiger partial charge in [0, 0.05) is 19.3 Å². The maximum absolute atomic E-state index is 13.3. The molecule has 1 atom stereocenters.